The van der Waals surface area contributed by atoms with Crippen LogP contribution in [0.3, 0.4) is 0 Å². The second-order valence-corrected chi connectivity index (χ2v) is 24.9. The van der Waals surface area contributed by atoms with E-state index in [1.807, 2.05) is 0 Å². The average Bonchev–Trinajstić information content (AvgIpc) is 3.22. The normalized spacial score (nSPS) is 32.6. The predicted molar refractivity (Wildman–Crippen MR) is 279 cm³/mol. The summed E-state index contributed by atoms with van der Waals surface area (Å²) in [6, 6.07) is 12.8. The first kappa shape index (κ1) is 53.1. The number of nitrogens with zero attached hydrogens (tertiary/aromatic N) is 4. The van der Waals surface area contributed by atoms with Crippen molar-refractivity contribution in [1.29, 1.82) is 0 Å². The van der Waals surface area contributed by atoms with E-state index >= 15 is 0 Å². The van der Waals surface area contributed by atoms with Crippen LogP contribution in [-0.2, 0) is 0 Å². The minimum absolute atomic E-state index is 0.0804. The largest absolute Gasteiger partial charge is 0.490 e. The third-order valence-corrected chi connectivity index (χ3v) is 17.5. The van der Waals surface area contributed by atoms with Gasteiger partial charge in [0, 0.05) is 111 Å². The highest BCUT2D eigenvalue weighted by Gasteiger charge is 2.42. The van der Waals surface area contributed by atoms with Crippen LogP contribution in [0.15, 0.2) is 24.3 Å². The summed E-state index contributed by atoms with van der Waals surface area (Å²) >= 11 is 0. The number of fused-ring (bicyclic) bond motifs is 1. The summed E-state index contributed by atoms with van der Waals surface area (Å²) in [7, 11) is 9.35. The van der Waals surface area contributed by atoms with Crippen LogP contribution in [0.5, 0.6) is 23.0 Å². The van der Waals surface area contributed by atoms with E-state index < -0.39 is 0 Å². The quantitative estimate of drug-likeness (QED) is 0.165. The number of hydrogen-bond donors (Lipinski definition) is 0. The zero-order valence-corrected chi connectivity index (χ0v) is 45.9. The molecule has 0 aliphatic carbocycles. The average molecular weight is 917 g/mol. The van der Waals surface area contributed by atoms with Crippen LogP contribution in [0.4, 0.5) is 0 Å². The molecule has 0 N–H and O–H groups in total. The number of ether oxygens (including phenoxy) is 4. The number of piperidine rings is 4. The van der Waals surface area contributed by atoms with Gasteiger partial charge in [0.15, 0.2) is 11.5 Å². The molecule has 0 radical (unpaired) electrons. The van der Waals surface area contributed by atoms with Crippen molar-refractivity contribution >= 4 is 10.8 Å². The molecule has 8 unspecified atom stereocenters. The number of likely N-dealkylation sites (tertiary alicyclic amines) is 4. The van der Waals surface area contributed by atoms with Crippen LogP contribution >= 0.6 is 0 Å². The number of hydrogen-bond acceptors (Lipinski definition) is 8. The molecule has 4 heterocycles. The molecule has 8 atom stereocenters. The van der Waals surface area contributed by atoms with E-state index in [1.165, 1.54) is 0 Å². The Bertz CT molecular complexity index is 1770. The Balaban J connectivity index is 1.48. The fraction of sp³-hybridized carbons (Fsp3) is 0.828. The first-order chi connectivity index (χ1) is 30.9. The van der Waals surface area contributed by atoms with Gasteiger partial charge in [-0.05, 0) is 99.1 Å². The second-order valence-electron chi connectivity index (χ2n) is 24.9. The van der Waals surface area contributed by atoms with Crippen molar-refractivity contribution in [2.75, 3.05) is 28.2 Å². The van der Waals surface area contributed by atoms with Gasteiger partial charge in [-0.1, -0.05) is 111 Å². The molecule has 4 aliphatic rings. The smallest absolute Gasteiger partial charge is 0.162 e. The molecule has 0 saturated carbocycles. The summed E-state index contributed by atoms with van der Waals surface area (Å²) in [4.78, 5) is 10.6. The fourth-order valence-corrected chi connectivity index (χ4v) is 13.6. The van der Waals surface area contributed by atoms with Crippen LogP contribution in [0.1, 0.15) is 162 Å². The Hall–Kier alpha value is -2.26. The Kier molecular flexibility index (Phi) is 17.9. The van der Waals surface area contributed by atoms with Crippen LogP contribution < -0.4 is 18.9 Å². The first-order valence-corrected chi connectivity index (χ1v) is 27.1. The summed E-state index contributed by atoms with van der Waals surface area (Å²) in [5.41, 5.74) is 0. The third kappa shape index (κ3) is 12.0. The molecular formula is C58H100N4O4. The van der Waals surface area contributed by atoms with Crippen molar-refractivity contribution in [3.05, 3.63) is 24.3 Å². The van der Waals surface area contributed by atoms with Crippen LogP contribution in [0, 0.1) is 47.3 Å². The predicted octanol–water partition coefficient (Wildman–Crippen LogP) is 12.9. The Morgan fingerprint density at radius 3 is 0.833 bits per heavy atom. The van der Waals surface area contributed by atoms with E-state index in [-0.39, 0.29) is 24.4 Å². The summed E-state index contributed by atoms with van der Waals surface area (Å²) in [5.74, 6) is 7.82. The lowest BCUT2D eigenvalue weighted by Crippen LogP contribution is -2.54. The maximum absolute atomic E-state index is 7.46. The molecule has 0 bridgehead atoms. The molecule has 0 spiro atoms. The van der Waals surface area contributed by atoms with Gasteiger partial charge in [-0.25, -0.2) is 0 Å². The Morgan fingerprint density at radius 1 is 0.318 bits per heavy atom. The molecule has 4 aliphatic heterocycles. The standard InChI is InChI=1S/C58H100N4O4/c1-33(2)48-23-43(24-49(34(3)4)59(48)17)63-42-21-41-22-57(65-45-27-52(37(9)10)61(19)53(28-45)38(11)12)58(66-46-29-54(39(13)14)62(20)55(30-46)40(15)16)32-47(41)56(31-42)64-44-25-50(35(5)6)60(18)51(26-44)36(7)8/h21-22,31-40,43-46,48-55H,23-30H2,1-20H3. The monoisotopic (exact) mass is 917 g/mol. The molecule has 8 heteroatoms. The van der Waals surface area contributed by atoms with Gasteiger partial charge < -0.3 is 18.9 Å². The molecule has 6 rings (SSSR count). The number of rotatable bonds is 16. The Labute approximate surface area is 405 Å². The maximum Gasteiger partial charge on any atom is 0.162 e. The molecule has 0 aromatic heterocycles. The van der Waals surface area contributed by atoms with Crippen molar-refractivity contribution < 1.29 is 18.9 Å². The minimum atomic E-state index is 0.0804. The van der Waals surface area contributed by atoms with Gasteiger partial charge in [-0.2, -0.15) is 0 Å². The fourth-order valence-electron chi connectivity index (χ4n) is 13.6. The van der Waals surface area contributed by atoms with Gasteiger partial charge in [0.1, 0.15) is 35.9 Å². The molecule has 4 saturated heterocycles. The van der Waals surface area contributed by atoms with E-state index in [9.17, 15) is 0 Å². The van der Waals surface area contributed by atoms with Crippen molar-refractivity contribution in [1.82, 2.24) is 19.6 Å². The molecule has 0 amide bonds. The zero-order valence-electron chi connectivity index (χ0n) is 45.9. The molecule has 8 nitrogen and oxygen atoms in total. The lowest BCUT2D eigenvalue weighted by Gasteiger charge is -2.47. The molecular weight excluding hydrogens is 817 g/mol. The lowest BCUT2D eigenvalue weighted by atomic mass is 9.83. The van der Waals surface area contributed by atoms with Gasteiger partial charge in [-0.3, -0.25) is 19.6 Å². The zero-order chi connectivity index (χ0) is 48.6. The van der Waals surface area contributed by atoms with E-state index in [2.05, 4.69) is 183 Å². The van der Waals surface area contributed by atoms with Crippen molar-refractivity contribution in [3.8, 4) is 23.0 Å². The number of benzene rings is 2. The Morgan fingerprint density at radius 2 is 0.561 bits per heavy atom. The highest BCUT2D eigenvalue weighted by Crippen LogP contribution is 2.45. The van der Waals surface area contributed by atoms with Crippen LogP contribution in [-0.4, -0.2) is 121 Å². The summed E-state index contributed by atoms with van der Waals surface area (Å²) in [6.07, 6.45) is 8.41. The van der Waals surface area contributed by atoms with E-state index in [0.717, 1.165) is 85.1 Å². The molecule has 376 valence electrons. The summed E-state index contributed by atoms with van der Waals surface area (Å²) < 4.78 is 29.6. The van der Waals surface area contributed by atoms with Crippen molar-refractivity contribution in [2.45, 2.75) is 235 Å². The lowest BCUT2D eigenvalue weighted by molar-refractivity contribution is -0.0151. The second kappa shape index (κ2) is 22.2. The van der Waals surface area contributed by atoms with Crippen molar-refractivity contribution in [2.24, 2.45) is 47.3 Å². The molecule has 2 aromatic carbocycles. The van der Waals surface area contributed by atoms with Gasteiger partial charge in [-0.15, -0.1) is 0 Å². The third-order valence-electron chi connectivity index (χ3n) is 17.5. The minimum Gasteiger partial charge on any atom is -0.490 e. The van der Waals surface area contributed by atoms with E-state index in [1.54, 1.807) is 0 Å². The van der Waals surface area contributed by atoms with Crippen LogP contribution in [0.25, 0.3) is 10.8 Å². The van der Waals surface area contributed by atoms with Crippen molar-refractivity contribution in [3.63, 3.8) is 0 Å². The molecule has 4 fully saturated rings. The summed E-state index contributed by atoms with van der Waals surface area (Å²) in [6.45, 7) is 38.0. The topological polar surface area (TPSA) is 49.9 Å². The van der Waals surface area contributed by atoms with E-state index in [0.29, 0.717) is 95.7 Å². The highest BCUT2D eigenvalue weighted by molar-refractivity contribution is 5.92. The highest BCUT2D eigenvalue weighted by atomic mass is 16.5. The molecule has 66 heavy (non-hydrogen) atoms. The van der Waals surface area contributed by atoms with Gasteiger partial charge >= 0.3 is 0 Å². The van der Waals surface area contributed by atoms with Gasteiger partial charge in [0.05, 0.1) is 0 Å². The summed E-state index contributed by atoms with van der Waals surface area (Å²) in [5, 5.41) is 2.19. The van der Waals surface area contributed by atoms with Gasteiger partial charge in [0.25, 0.3) is 0 Å². The van der Waals surface area contributed by atoms with Crippen LogP contribution in [0.2, 0.25) is 0 Å². The maximum atomic E-state index is 7.46. The SMILES string of the molecule is CC(C)C1CC(Oc2cc(OC3CC(C(C)C)N(C)C(C(C)C)C3)c3cc(OC4CC(C(C)C)N(C)C(C(C)C)C4)c(OC4CC(C(C)C)N(C)C(C(C)C)C4)cc3c2)CC(C(C)C)N1C. The molecule has 2 aromatic rings. The van der Waals surface area contributed by atoms with Gasteiger partial charge in [0.2, 0.25) is 0 Å². The van der Waals surface area contributed by atoms with E-state index in [4.69, 9.17) is 18.9 Å². The first-order valence-electron chi connectivity index (χ1n) is 27.1.